The number of hydrogen-bond donors (Lipinski definition) is 1. The predicted octanol–water partition coefficient (Wildman–Crippen LogP) is 3.79. The van der Waals surface area contributed by atoms with Gasteiger partial charge in [-0.05, 0) is 69.2 Å². The Kier molecular flexibility index (Phi) is 9.84. The largest absolute Gasteiger partial charge is 0.494 e. The highest BCUT2D eigenvalue weighted by Crippen LogP contribution is 2.22. The molecule has 2 aromatic rings. The summed E-state index contributed by atoms with van der Waals surface area (Å²) in [5.74, 6) is 0.590. The summed E-state index contributed by atoms with van der Waals surface area (Å²) < 4.78 is 31.2. The van der Waals surface area contributed by atoms with Crippen LogP contribution < -0.4 is 19.3 Å². The van der Waals surface area contributed by atoms with Crippen molar-refractivity contribution in [1.29, 1.82) is 0 Å². The average Bonchev–Trinajstić information content (AvgIpc) is 2.77. The Morgan fingerprint density at radius 2 is 1.53 bits per heavy atom. The quantitative estimate of drug-likeness (QED) is 0.491. The molecule has 0 aliphatic rings. The Hall–Kier alpha value is -2.74. The number of carbonyl (C=O) groups is 1. The van der Waals surface area contributed by atoms with Crippen LogP contribution in [0.25, 0.3) is 0 Å². The first kappa shape index (κ1) is 25.5. The number of anilines is 2. The molecule has 0 radical (unpaired) electrons. The zero-order chi connectivity index (χ0) is 23.6. The SMILES string of the molecule is CCOc1ccc(N(CCCC(=O)NCc2ccc(N(CC)CC)cc2)S(C)(=O)=O)cc1. The van der Waals surface area contributed by atoms with Crippen LogP contribution in [0, 0.1) is 0 Å². The van der Waals surface area contributed by atoms with E-state index in [4.69, 9.17) is 4.74 Å². The van der Waals surface area contributed by atoms with Gasteiger partial charge in [0.1, 0.15) is 5.75 Å². The molecule has 0 unspecified atom stereocenters. The molecule has 0 spiro atoms. The van der Waals surface area contributed by atoms with Gasteiger partial charge in [-0.3, -0.25) is 9.10 Å². The minimum atomic E-state index is -3.46. The molecule has 1 N–H and O–H groups in total. The first-order valence-electron chi connectivity index (χ1n) is 11.1. The van der Waals surface area contributed by atoms with Crippen LogP contribution in [-0.2, 0) is 21.4 Å². The summed E-state index contributed by atoms with van der Waals surface area (Å²) in [6.45, 7) is 9.27. The zero-order valence-electron chi connectivity index (χ0n) is 19.5. The fourth-order valence-electron chi connectivity index (χ4n) is 3.45. The van der Waals surface area contributed by atoms with Gasteiger partial charge in [-0.15, -0.1) is 0 Å². The molecule has 0 bridgehead atoms. The molecule has 0 atom stereocenters. The van der Waals surface area contributed by atoms with E-state index in [0.29, 0.717) is 31.0 Å². The number of nitrogens with one attached hydrogen (secondary N) is 1. The number of benzene rings is 2. The lowest BCUT2D eigenvalue weighted by Gasteiger charge is -2.22. The van der Waals surface area contributed by atoms with Gasteiger partial charge in [0.15, 0.2) is 0 Å². The Bertz CT molecular complexity index is 940. The van der Waals surface area contributed by atoms with Crippen molar-refractivity contribution in [3.05, 3.63) is 54.1 Å². The van der Waals surface area contributed by atoms with E-state index < -0.39 is 10.0 Å². The smallest absolute Gasteiger partial charge is 0.232 e. The highest BCUT2D eigenvalue weighted by molar-refractivity contribution is 7.92. The van der Waals surface area contributed by atoms with E-state index in [1.807, 2.05) is 19.1 Å². The van der Waals surface area contributed by atoms with Crippen molar-refractivity contribution in [2.75, 3.05) is 41.7 Å². The van der Waals surface area contributed by atoms with Gasteiger partial charge in [-0.2, -0.15) is 0 Å². The van der Waals surface area contributed by atoms with Crippen LogP contribution in [0.3, 0.4) is 0 Å². The lowest BCUT2D eigenvalue weighted by Crippen LogP contribution is -2.32. The van der Waals surface area contributed by atoms with Crippen molar-refractivity contribution in [3.63, 3.8) is 0 Å². The maximum Gasteiger partial charge on any atom is 0.232 e. The van der Waals surface area contributed by atoms with Gasteiger partial charge in [0, 0.05) is 38.3 Å². The standard InChI is InChI=1S/C24H35N3O4S/c1-5-26(6-2)21-12-10-20(11-13-21)19-25-24(28)9-8-18-27(32(4,29)30)22-14-16-23(17-15-22)31-7-3/h10-17H,5-9,18-19H2,1-4H3,(H,25,28). The normalized spacial score (nSPS) is 11.1. The van der Waals surface area contributed by atoms with Crippen molar-refractivity contribution < 1.29 is 17.9 Å². The minimum Gasteiger partial charge on any atom is -0.494 e. The second kappa shape index (κ2) is 12.3. The Morgan fingerprint density at radius 3 is 2.06 bits per heavy atom. The molecule has 2 aromatic carbocycles. The second-order valence-electron chi connectivity index (χ2n) is 7.48. The molecule has 0 aliphatic heterocycles. The lowest BCUT2D eigenvalue weighted by atomic mass is 10.2. The topological polar surface area (TPSA) is 79.0 Å². The van der Waals surface area contributed by atoms with E-state index in [1.54, 1.807) is 24.3 Å². The van der Waals surface area contributed by atoms with Crippen molar-refractivity contribution >= 4 is 27.3 Å². The molecule has 1 amide bonds. The molecule has 0 aliphatic carbocycles. The Balaban J connectivity index is 1.85. The first-order chi connectivity index (χ1) is 15.3. The van der Waals surface area contributed by atoms with Crippen molar-refractivity contribution in [3.8, 4) is 5.75 Å². The number of nitrogens with zero attached hydrogens (tertiary/aromatic N) is 2. The van der Waals surface area contributed by atoms with Gasteiger partial charge in [0.2, 0.25) is 15.9 Å². The maximum absolute atomic E-state index is 12.3. The Labute approximate surface area is 192 Å². The van der Waals surface area contributed by atoms with Crippen LogP contribution in [-0.4, -0.2) is 46.8 Å². The molecule has 7 nitrogen and oxygen atoms in total. The molecule has 176 valence electrons. The summed E-state index contributed by atoms with van der Waals surface area (Å²) >= 11 is 0. The van der Waals surface area contributed by atoms with E-state index in [2.05, 4.69) is 36.2 Å². The number of ether oxygens (including phenoxy) is 1. The summed E-state index contributed by atoms with van der Waals surface area (Å²) in [6.07, 6.45) is 1.85. The van der Waals surface area contributed by atoms with Gasteiger partial charge < -0.3 is 15.0 Å². The van der Waals surface area contributed by atoms with Crippen LogP contribution in [0.2, 0.25) is 0 Å². The minimum absolute atomic E-state index is 0.0991. The molecule has 0 fully saturated rings. The second-order valence-corrected chi connectivity index (χ2v) is 9.39. The Morgan fingerprint density at radius 1 is 0.938 bits per heavy atom. The van der Waals surface area contributed by atoms with Crippen LogP contribution in [0.5, 0.6) is 5.75 Å². The predicted molar refractivity (Wildman–Crippen MR) is 131 cm³/mol. The van der Waals surface area contributed by atoms with Crippen molar-refractivity contribution in [2.24, 2.45) is 0 Å². The number of rotatable bonds is 13. The van der Waals surface area contributed by atoms with Gasteiger partial charge >= 0.3 is 0 Å². The molecule has 0 heterocycles. The van der Waals surface area contributed by atoms with Gasteiger partial charge in [0.05, 0.1) is 18.6 Å². The van der Waals surface area contributed by atoms with Crippen molar-refractivity contribution in [2.45, 2.75) is 40.2 Å². The van der Waals surface area contributed by atoms with E-state index in [-0.39, 0.29) is 18.9 Å². The van der Waals surface area contributed by atoms with Crippen LogP contribution in [0.4, 0.5) is 11.4 Å². The van der Waals surface area contributed by atoms with E-state index in [0.717, 1.165) is 18.7 Å². The third kappa shape index (κ3) is 7.75. The zero-order valence-corrected chi connectivity index (χ0v) is 20.3. The highest BCUT2D eigenvalue weighted by atomic mass is 32.2. The molecule has 2 rings (SSSR count). The fourth-order valence-corrected chi connectivity index (χ4v) is 4.41. The summed E-state index contributed by atoms with van der Waals surface area (Å²) in [7, 11) is -3.46. The van der Waals surface area contributed by atoms with Gasteiger partial charge in [-0.1, -0.05) is 12.1 Å². The number of amides is 1. The molecular formula is C24H35N3O4S. The van der Waals surface area contributed by atoms with Crippen LogP contribution >= 0.6 is 0 Å². The van der Waals surface area contributed by atoms with Crippen molar-refractivity contribution in [1.82, 2.24) is 5.32 Å². The lowest BCUT2D eigenvalue weighted by molar-refractivity contribution is -0.121. The van der Waals surface area contributed by atoms with E-state index in [1.165, 1.54) is 16.2 Å². The third-order valence-electron chi connectivity index (χ3n) is 5.16. The summed E-state index contributed by atoms with van der Waals surface area (Å²) in [5.41, 5.74) is 2.76. The highest BCUT2D eigenvalue weighted by Gasteiger charge is 2.17. The molecule has 8 heteroatoms. The molecule has 0 saturated carbocycles. The molecular weight excluding hydrogens is 426 g/mol. The number of sulfonamides is 1. The average molecular weight is 462 g/mol. The van der Waals surface area contributed by atoms with Gasteiger partial charge in [-0.25, -0.2) is 8.42 Å². The summed E-state index contributed by atoms with van der Waals surface area (Å²) in [6, 6.07) is 15.1. The fraction of sp³-hybridized carbons (Fsp3) is 0.458. The molecule has 0 aromatic heterocycles. The van der Waals surface area contributed by atoms with E-state index >= 15 is 0 Å². The van der Waals surface area contributed by atoms with Crippen LogP contribution in [0.15, 0.2) is 48.5 Å². The first-order valence-corrected chi connectivity index (χ1v) is 12.9. The summed E-state index contributed by atoms with van der Waals surface area (Å²) in [5, 5.41) is 2.91. The maximum atomic E-state index is 12.3. The number of carbonyl (C=O) groups excluding carboxylic acids is 1. The molecule has 0 saturated heterocycles. The third-order valence-corrected chi connectivity index (χ3v) is 6.35. The van der Waals surface area contributed by atoms with Gasteiger partial charge in [0.25, 0.3) is 0 Å². The molecule has 32 heavy (non-hydrogen) atoms. The summed E-state index contributed by atoms with van der Waals surface area (Å²) in [4.78, 5) is 14.5. The van der Waals surface area contributed by atoms with Crippen LogP contribution in [0.1, 0.15) is 39.2 Å². The monoisotopic (exact) mass is 461 g/mol. The number of hydrogen-bond acceptors (Lipinski definition) is 5. The van der Waals surface area contributed by atoms with E-state index in [9.17, 15) is 13.2 Å².